The average Bonchev–Trinajstić information content (AvgIpc) is 3.15. The normalized spacial score (nSPS) is 10.7. The largest absolute Gasteiger partial charge is 0.507 e. The summed E-state index contributed by atoms with van der Waals surface area (Å²) >= 11 is 6.82. The van der Waals surface area contributed by atoms with Crippen molar-refractivity contribution in [1.29, 1.82) is 0 Å². The van der Waals surface area contributed by atoms with Crippen LogP contribution in [0, 0.1) is 13.8 Å². The van der Waals surface area contributed by atoms with Crippen LogP contribution in [0.2, 0.25) is 0 Å². The highest BCUT2D eigenvalue weighted by molar-refractivity contribution is 7.80. The zero-order valence-electron chi connectivity index (χ0n) is 16.4. The van der Waals surface area contributed by atoms with E-state index in [1.165, 1.54) is 11.3 Å². The lowest BCUT2D eigenvalue weighted by Gasteiger charge is -2.13. The van der Waals surface area contributed by atoms with Crippen LogP contribution in [0.4, 0.5) is 5.69 Å². The van der Waals surface area contributed by atoms with E-state index in [4.69, 9.17) is 12.2 Å². The van der Waals surface area contributed by atoms with Crippen LogP contribution in [0.1, 0.15) is 21.5 Å². The molecule has 30 heavy (non-hydrogen) atoms. The highest BCUT2D eigenvalue weighted by Gasteiger charge is 2.15. The van der Waals surface area contributed by atoms with Crippen LogP contribution in [-0.4, -0.2) is 21.1 Å². The average molecular weight is 434 g/mol. The van der Waals surface area contributed by atoms with Crippen molar-refractivity contribution in [3.8, 4) is 16.3 Å². The molecule has 0 atom stereocenters. The first-order valence-electron chi connectivity index (χ1n) is 9.29. The summed E-state index contributed by atoms with van der Waals surface area (Å²) in [6.07, 6.45) is 0. The molecule has 0 aliphatic rings. The maximum atomic E-state index is 12.4. The summed E-state index contributed by atoms with van der Waals surface area (Å²) in [4.78, 5) is 17.0. The zero-order chi connectivity index (χ0) is 21.3. The van der Waals surface area contributed by atoms with Gasteiger partial charge >= 0.3 is 0 Å². The van der Waals surface area contributed by atoms with Crippen molar-refractivity contribution in [2.75, 3.05) is 5.32 Å². The Morgan fingerprint density at radius 2 is 1.80 bits per heavy atom. The van der Waals surface area contributed by atoms with Gasteiger partial charge in [0.2, 0.25) is 0 Å². The molecule has 0 saturated carbocycles. The van der Waals surface area contributed by atoms with Gasteiger partial charge in [-0.05, 0) is 68.0 Å². The fourth-order valence-electron chi connectivity index (χ4n) is 3.04. The van der Waals surface area contributed by atoms with E-state index in [2.05, 4.69) is 15.6 Å². The molecule has 7 heteroatoms. The Kier molecular flexibility index (Phi) is 5.48. The van der Waals surface area contributed by atoms with E-state index < -0.39 is 0 Å². The van der Waals surface area contributed by atoms with Gasteiger partial charge in [0, 0.05) is 11.3 Å². The van der Waals surface area contributed by atoms with Crippen molar-refractivity contribution in [2.45, 2.75) is 13.8 Å². The number of anilines is 1. The van der Waals surface area contributed by atoms with Gasteiger partial charge in [0.15, 0.2) is 5.11 Å². The van der Waals surface area contributed by atoms with E-state index >= 15 is 0 Å². The second kappa shape index (κ2) is 8.22. The Labute approximate surface area is 183 Å². The van der Waals surface area contributed by atoms with Gasteiger partial charge in [-0.1, -0.05) is 29.8 Å². The van der Waals surface area contributed by atoms with Crippen LogP contribution < -0.4 is 10.6 Å². The van der Waals surface area contributed by atoms with Crippen LogP contribution >= 0.6 is 23.6 Å². The van der Waals surface area contributed by atoms with Gasteiger partial charge < -0.3 is 10.4 Å². The Bertz CT molecular complexity index is 1230. The third-order valence-electron chi connectivity index (χ3n) is 4.62. The van der Waals surface area contributed by atoms with E-state index in [0.717, 1.165) is 20.8 Å². The number of carbonyl (C=O) groups excluding carboxylic acids is 1. The SMILES string of the molecule is Cc1ccc(C(=O)NC(=S)Nc2cc(C)c(O)c(-c3nc4ccccc4s3)c2)cc1. The van der Waals surface area contributed by atoms with Crippen LogP contribution in [0.15, 0.2) is 60.7 Å². The first kappa shape index (κ1) is 20.0. The molecular formula is C23H19N3O2S2. The van der Waals surface area contributed by atoms with E-state index in [-0.39, 0.29) is 16.8 Å². The number of nitrogens with zero attached hydrogens (tertiary/aromatic N) is 1. The minimum atomic E-state index is -0.283. The van der Waals surface area contributed by atoms with Crippen molar-refractivity contribution in [1.82, 2.24) is 10.3 Å². The molecule has 0 saturated heterocycles. The number of phenolic OH excluding ortho intramolecular Hbond substituents is 1. The summed E-state index contributed by atoms with van der Waals surface area (Å²) in [5, 5.41) is 17.2. The highest BCUT2D eigenvalue weighted by Crippen LogP contribution is 2.38. The molecule has 0 spiro atoms. The molecule has 150 valence electrons. The second-order valence-corrected chi connectivity index (χ2v) is 8.39. The van der Waals surface area contributed by atoms with Crippen molar-refractivity contribution in [2.24, 2.45) is 0 Å². The predicted molar refractivity (Wildman–Crippen MR) is 126 cm³/mol. The lowest BCUT2D eigenvalue weighted by Crippen LogP contribution is -2.34. The molecule has 0 radical (unpaired) electrons. The maximum absolute atomic E-state index is 12.4. The standard InChI is InChI=1S/C23H19N3O2S2/c1-13-7-9-15(10-8-13)21(28)26-23(29)24-16-11-14(2)20(27)17(12-16)22-25-18-5-3-4-6-19(18)30-22/h3-12,27H,1-2H3,(H2,24,26,28,29). The summed E-state index contributed by atoms with van der Waals surface area (Å²) < 4.78 is 1.05. The Morgan fingerprint density at radius 3 is 2.53 bits per heavy atom. The van der Waals surface area contributed by atoms with Crippen LogP contribution in [0.5, 0.6) is 5.75 Å². The summed E-state index contributed by atoms with van der Waals surface area (Å²) in [5.74, 6) is -0.108. The summed E-state index contributed by atoms with van der Waals surface area (Å²) in [6, 6.07) is 18.6. The van der Waals surface area contributed by atoms with Crippen molar-refractivity contribution < 1.29 is 9.90 Å². The van der Waals surface area contributed by atoms with Gasteiger partial charge in [0.1, 0.15) is 10.8 Å². The molecule has 0 unspecified atom stereocenters. The summed E-state index contributed by atoms with van der Waals surface area (Å²) in [6.45, 7) is 3.77. The van der Waals surface area contributed by atoms with Crippen LogP contribution in [0.25, 0.3) is 20.8 Å². The Balaban J connectivity index is 1.56. The van der Waals surface area contributed by atoms with Crippen molar-refractivity contribution >= 4 is 50.5 Å². The number of nitrogens with one attached hydrogen (secondary N) is 2. The number of rotatable bonds is 3. The number of amides is 1. The molecule has 0 aliphatic heterocycles. The van der Waals surface area contributed by atoms with E-state index in [9.17, 15) is 9.90 Å². The number of aromatic nitrogens is 1. The molecule has 1 heterocycles. The van der Waals surface area contributed by atoms with Gasteiger partial charge in [-0.2, -0.15) is 0 Å². The minimum absolute atomic E-state index is 0.175. The van der Waals surface area contributed by atoms with Gasteiger partial charge in [-0.3, -0.25) is 10.1 Å². The fourth-order valence-corrected chi connectivity index (χ4v) is 4.24. The van der Waals surface area contributed by atoms with E-state index in [1.54, 1.807) is 24.3 Å². The molecule has 1 aromatic heterocycles. The number of carbonyl (C=O) groups is 1. The number of aryl methyl sites for hydroxylation is 2. The Hall–Kier alpha value is -3.29. The minimum Gasteiger partial charge on any atom is -0.507 e. The number of hydrogen-bond donors (Lipinski definition) is 3. The molecule has 0 fully saturated rings. The lowest BCUT2D eigenvalue weighted by atomic mass is 10.1. The molecule has 1 amide bonds. The number of fused-ring (bicyclic) bond motifs is 1. The second-order valence-electron chi connectivity index (χ2n) is 6.95. The number of thiazole rings is 1. The molecular weight excluding hydrogens is 414 g/mol. The van der Waals surface area contributed by atoms with Crippen LogP contribution in [-0.2, 0) is 0 Å². The summed E-state index contributed by atoms with van der Waals surface area (Å²) in [5.41, 5.74) is 4.45. The van der Waals surface area contributed by atoms with Gasteiger partial charge in [0.25, 0.3) is 5.91 Å². The van der Waals surface area contributed by atoms with Gasteiger partial charge in [-0.15, -0.1) is 11.3 Å². The van der Waals surface area contributed by atoms with Gasteiger partial charge in [0.05, 0.1) is 15.8 Å². The summed E-state index contributed by atoms with van der Waals surface area (Å²) in [7, 11) is 0. The lowest BCUT2D eigenvalue weighted by molar-refractivity contribution is 0.0977. The third-order valence-corrected chi connectivity index (χ3v) is 5.90. The smallest absolute Gasteiger partial charge is 0.257 e. The first-order valence-corrected chi connectivity index (χ1v) is 10.5. The van der Waals surface area contributed by atoms with Crippen LogP contribution in [0.3, 0.4) is 0 Å². The van der Waals surface area contributed by atoms with Gasteiger partial charge in [-0.25, -0.2) is 4.98 Å². The molecule has 3 N–H and O–H groups in total. The predicted octanol–water partition coefficient (Wildman–Crippen LogP) is 5.41. The molecule has 5 nitrogen and oxygen atoms in total. The molecule has 4 rings (SSSR count). The first-order chi connectivity index (χ1) is 14.4. The van der Waals surface area contributed by atoms with E-state index in [0.29, 0.717) is 22.4 Å². The Morgan fingerprint density at radius 1 is 1.07 bits per heavy atom. The zero-order valence-corrected chi connectivity index (χ0v) is 18.0. The van der Waals surface area contributed by atoms with Crippen molar-refractivity contribution in [3.63, 3.8) is 0 Å². The maximum Gasteiger partial charge on any atom is 0.257 e. The number of aromatic hydroxyl groups is 1. The van der Waals surface area contributed by atoms with E-state index in [1.807, 2.05) is 50.2 Å². The molecule has 0 aliphatic carbocycles. The number of para-hydroxylation sites is 1. The topological polar surface area (TPSA) is 74.2 Å². The molecule has 3 aromatic carbocycles. The highest BCUT2D eigenvalue weighted by atomic mass is 32.1. The third kappa shape index (κ3) is 4.17. The number of hydrogen-bond acceptors (Lipinski definition) is 5. The molecule has 0 bridgehead atoms. The van der Waals surface area contributed by atoms with Crippen molar-refractivity contribution in [3.05, 3.63) is 77.4 Å². The number of thiocarbonyl (C=S) groups is 1. The number of benzene rings is 3. The molecule has 4 aromatic rings. The quantitative estimate of drug-likeness (QED) is 0.297. The number of phenols is 1. The monoisotopic (exact) mass is 433 g/mol. The fraction of sp³-hybridized carbons (Fsp3) is 0.0870.